The number of carbonyl (C=O) groups excluding carboxylic acids is 2. The molecule has 1 amide bonds. The molecule has 1 aliphatic rings. The third-order valence-electron chi connectivity index (χ3n) is 14.0. The van der Waals surface area contributed by atoms with E-state index in [9.17, 15) is 35.1 Å². The monoisotopic (exact) mass is 1080 g/mol. The van der Waals surface area contributed by atoms with Crippen LogP contribution in [-0.4, -0.2) is 99.6 Å². The Balaban J connectivity index is 2.65. The van der Waals surface area contributed by atoms with Gasteiger partial charge in [-0.3, -0.25) is 9.59 Å². The Morgan fingerprint density at radius 3 is 1.53 bits per heavy atom. The van der Waals surface area contributed by atoms with Crippen LogP contribution >= 0.6 is 0 Å². The summed E-state index contributed by atoms with van der Waals surface area (Å²) in [5, 5.41) is 56.9. The van der Waals surface area contributed by atoms with Gasteiger partial charge in [0, 0.05) is 6.42 Å². The van der Waals surface area contributed by atoms with Crippen LogP contribution in [0.15, 0.2) is 97.2 Å². The van der Waals surface area contributed by atoms with Gasteiger partial charge in [-0.05, 0) is 89.9 Å². The summed E-state index contributed by atoms with van der Waals surface area (Å²) in [6.07, 6.45) is 60.1. The van der Waals surface area contributed by atoms with Crippen LogP contribution in [0.4, 0.5) is 0 Å². The highest BCUT2D eigenvalue weighted by Gasteiger charge is 2.47. The van der Waals surface area contributed by atoms with Crippen molar-refractivity contribution in [3.8, 4) is 0 Å². The van der Waals surface area contributed by atoms with Gasteiger partial charge >= 0.3 is 5.97 Å². The molecule has 0 aromatic rings. The zero-order valence-corrected chi connectivity index (χ0v) is 48.8. The van der Waals surface area contributed by atoms with E-state index in [4.69, 9.17) is 14.2 Å². The number of hydrogen-bond acceptors (Lipinski definition) is 10. The van der Waals surface area contributed by atoms with Crippen molar-refractivity contribution < 1.29 is 49.3 Å². The largest absolute Gasteiger partial charge is 0.454 e. The van der Waals surface area contributed by atoms with Gasteiger partial charge in [0.1, 0.15) is 24.4 Å². The first-order valence-electron chi connectivity index (χ1n) is 31.0. The molecule has 8 atom stereocenters. The Bertz CT molecular complexity index is 1620. The molecule has 0 aliphatic carbocycles. The van der Waals surface area contributed by atoms with E-state index in [1.807, 2.05) is 18.2 Å². The van der Waals surface area contributed by atoms with Crippen LogP contribution in [0.2, 0.25) is 0 Å². The molecule has 0 aromatic carbocycles. The Hall–Kier alpha value is -3.42. The SMILES string of the molecule is CC/C=C/C=C/C=C/CCCCCCCCC(O)C(=O)NC(COC1OC(CO)C(O)C(O)C1OC(=O)CCCCCCCCC/C=C\C/C=C\C/C=C\C/C=C\CCCCC)C(O)/C=C/CCCCCCCCCCC. The minimum Gasteiger partial charge on any atom is -0.454 e. The number of nitrogens with one attached hydrogen (secondary N) is 1. The number of amides is 1. The van der Waals surface area contributed by atoms with Crippen molar-refractivity contribution in [1.29, 1.82) is 0 Å². The number of esters is 1. The summed E-state index contributed by atoms with van der Waals surface area (Å²) < 4.78 is 17.6. The molecule has 77 heavy (non-hydrogen) atoms. The van der Waals surface area contributed by atoms with Gasteiger partial charge < -0.3 is 45.1 Å². The number of ether oxygens (including phenoxy) is 3. The van der Waals surface area contributed by atoms with Crippen molar-refractivity contribution in [2.24, 2.45) is 0 Å². The van der Waals surface area contributed by atoms with Crippen LogP contribution in [0, 0.1) is 0 Å². The third-order valence-corrected chi connectivity index (χ3v) is 14.0. The number of unbranched alkanes of at least 4 members (excludes halogenated alkanes) is 25. The van der Waals surface area contributed by atoms with Crippen LogP contribution in [0.5, 0.6) is 0 Å². The quantitative estimate of drug-likeness (QED) is 0.0149. The van der Waals surface area contributed by atoms with Crippen LogP contribution in [-0.2, 0) is 23.8 Å². The Kier molecular flexibility index (Phi) is 49.5. The molecule has 0 saturated carbocycles. The molecule has 1 heterocycles. The predicted molar refractivity (Wildman–Crippen MR) is 319 cm³/mol. The standard InChI is InChI=1S/C66H113NO10/c1-4-7-10-13-16-19-22-24-26-27-28-29-30-31-32-33-34-36-39-42-45-48-51-54-61(71)77-64-63(73)62(72)60(55-68)76-66(64)75-56-57(58(69)52-49-46-43-40-37-21-18-15-12-9-6-3)67-65(74)59(70)53-50-47-44-41-38-35-25-23-20-17-14-11-8-5-2/h8,11,14,16-17,19-20,23-24,26,28-29,31-32,49,52,57-60,62-64,66,68-70,72-73H,4-7,9-10,12-13,15,18,21-22,25,27,30,33-48,50-51,53-56H2,1-3H3,(H,67,74)/b11-8+,17-14+,19-16-,23-20+,26-24-,29-28-,32-31-,52-49+. The van der Waals surface area contributed by atoms with Crippen molar-refractivity contribution in [2.45, 2.75) is 294 Å². The highest BCUT2D eigenvalue weighted by atomic mass is 16.7. The number of aliphatic hydroxyl groups is 5. The van der Waals surface area contributed by atoms with Crippen molar-refractivity contribution in [3.05, 3.63) is 97.2 Å². The van der Waals surface area contributed by atoms with E-state index in [1.54, 1.807) is 6.08 Å². The fourth-order valence-electron chi connectivity index (χ4n) is 9.10. The Labute approximate surface area is 469 Å². The lowest BCUT2D eigenvalue weighted by Gasteiger charge is -2.41. The van der Waals surface area contributed by atoms with Crippen molar-refractivity contribution in [3.63, 3.8) is 0 Å². The van der Waals surface area contributed by atoms with Crippen LogP contribution in [0.25, 0.3) is 0 Å². The normalized spacial score (nSPS) is 19.7. The molecule has 1 fully saturated rings. The minimum atomic E-state index is -1.63. The zero-order chi connectivity index (χ0) is 56.1. The molecule has 0 aromatic heterocycles. The fourth-order valence-corrected chi connectivity index (χ4v) is 9.10. The summed E-state index contributed by atoms with van der Waals surface area (Å²) in [6.45, 7) is 5.60. The summed E-state index contributed by atoms with van der Waals surface area (Å²) in [5.74, 6) is -1.22. The first kappa shape index (κ1) is 71.6. The molecule has 0 radical (unpaired) electrons. The van der Waals surface area contributed by atoms with Gasteiger partial charge in [-0.15, -0.1) is 0 Å². The molecular formula is C66H113NO10. The van der Waals surface area contributed by atoms with Gasteiger partial charge in [0.05, 0.1) is 25.4 Å². The van der Waals surface area contributed by atoms with Gasteiger partial charge in [0.2, 0.25) is 5.91 Å². The first-order valence-corrected chi connectivity index (χ1v) is 31.0. The lowest BCUT2D eigenvalue weighted by atomic mass is 9.99. The molecule has 11 heteroatoms. The third kappa shape index (κ3) is 41.3. The Morgan fingerprint density at radius 1 is 0.532 bits per heavy atom. The second kappa shape index (κ2) is 53.2. The van der Waals surface area contributed by atoms with Crippen molar-refractivity contribution in [2.75, 3.05) is 13.2 Å². The number of rotatable bonds is 51. The van der Waals surface area contributed by atoms with Gasteiger partial charge in [-0.25, -0.2) is 0 Å². The van der Waals surface area contributed by atoms with E-state index in [0.29, 0.717) is 12.8 Å². The maximum absolute atomic E-state index is 13.4. The second-order valence-corrected chi connectivity index (χ2v) is 21.1. The molecule has 1 aliphatic heterocycles. The molecule has 1 saturated heterocycles. The van der Waals surface area contributed by atoms with Crippen LogP contribution in [0.3, 0.4) is 0 Å². The summed E-state index contributed by atoms with van der Waals surface area (Å²) >= 11 is 0. The van der Waals surface area contributed by atoms with Gasteiger partial charge in [0.25, 0.3) is 0 Å². The average Bonchev–Trinajstić information content (AvgIpc) is 3.43. The topological polar surface area (TPSA) is 175 Å². The number of carbonyl (C=O) groups is 2. The van der Waals surface area contributed by atoms with Gasteiger partial charge in [-0.2, -0.15) is 0 Å². The predicted octanol–water partition coefficient (Wildman–Crippen LogP) is 14.7. The Morgan fingerprint density at radius 2 is 0.987 bits per heavy atom. The molecule has 8 unspecified atom stereocenters. The number of aliphatic hydroxyl groups excluding tert-OH is 5. The smallest absolute Gasteiger partial charge is 0.306 e. The fraction of sp³-hybridized carbons (Fsp3) is 0.727. The van der Waals surface area contributed by atoms with Gasteiger partial charge in [-0.1, -0.05) is 246 Å². The van der Waals surface area contributed by atoms with E-state index in [-0.39, 0.29) is 19.4 Å². The van der Waals surface area contributed by atoms with E-state index < -0.39 is 67.4 Å². The van der Waals surface area contributed by atoms with Crippen molar-refractivity contribution in [1.82, 2.24) is 5.32 Å². The summed E-state index contributed by atoms with van der Waals surface area (Å²) in [5.41, 5.74) is 0. The van der Waals surface area contributed by atoms with Crippen LogP contribution < -0.4 is 5.32 Å². The highest BCUT2D eigenvalue weighted by molar-refractivity contribution is 5.80. The first-order chi connectivity index (χ1) is 37.7. The maximum atomic E-state index is 13.4. The van der Waals surface area contributed by atoms with E-state index in [0.717, 1.165) is 135 Å². The highest BCUT2D eigenvalue weighted by Crippen LogP contribution is 2.26. The van der Waals surface area contributed by atoms with Crippen LogP contribution in [0.1, 0.15) is 245 Å². The lowest BCUT2D eigenvalue weighted by molar-refractivity contribution is -0.305. The average molecular weight is 1080 g/mol. The van der Waals surface area contributed by atoms with E-state index >= 15 is 0 Å². The number of hydrogen-bond donors (Lipinski definition) is 6. The molecule has 0 bridgehead atoms. The molecular weight excluding hydrogens is 967 g/mol. The second-order valence-electron chi connectivity index (χ2n) is 21.1. The summed E-state index contributed by atoms with van der Waals surface area (Å²) in [6, 6.07) is -1.04. The molecule has 1 rings (SSSR count). The van der Waals surface area contributed by atoms with Gasteiger partial charge in [0.15, 0.2) is 12.4 Å². The van der Waals surface area contributed by atoms with E-state index in [2.05, 4.69) is 99.0 Å². The number of allylic oxidation sites excluding steroid dienone is 15. The summed E-state index contributed by atoms with van der Waals surface area (Å²) in [4.78, 5) is 26.5. The molecule has 442 valence electrons. The summed E-state index contributed by atoms with van der Waals surface area (Å²) in [7, 11) is 0. The maximum Gasteiger partial charge on any atom is 0.306 e. The lowest BCUT2D eigenvalue weighted by Crippen LogP contribution is -2.61. The molecule has 6 N–H and O–H groups in total. The molecule has 0 spiro atoms. The van der Waals surface area contributed by atoms with E-state index in [1.165, 1.54) is 64.2 Å². The molecule has 11 nitrogen and oxygen atoms in total. The van der Waals surface area contributed by atoms with Crippen molar-refractivity contribution >= 4 is 11.9 Å². The minimum absolute atomic E-state index is 0.105. The zero-order valence-electron chi connectivity index (χ0n) is 48.8.